The fraction of sp³-hybridized carbons (Fsp3) is 0.105. The second-order valence-electron chi connectivity index (χ2n) is 6.17. The number of thioether (sulfide) groups is 1. The van der Waals surface area contributed by atoms with Gasteiger partial charge in [0, 0.05) is 17.7 Å². The van der Waals surface area contributed by atoms with Gasteiger partial charge in [0.15, 0.2) is 0 Å². The van der Waals surface area contributed by atoms with Gasteiger partial charge < -0.3 is 8.92 Å². The molecule has 0 atom stereocenters. The maximum atomic E-state index is 12.6. The molecular weight excluding hydrogens is 464 g/mol. The molecule has 1 saturated heterocycles. The number of imide groups is 1. The first-order valence-electron chi connectivity index (χ1n) is 8.72. The summed E-state index contributed by atoms with van der Waals surface area (Å²) in [5, 5.41) is 10.1. The zero-order valence-electron chi connectivity index (χ0n) is 16.3. The number of benzene rings is 2. The Kier molecular flexibility index (Phi) is 6.60. The Labute approximate surface area is 185 Å². The average Bonchev–Trinajstić information content (AvgIpc) is 3.02. The Balaban J connectivity index is 1.88. The van der Waals surface area contributed by atoms with E-state index in [0.717, 1.165) is 31.4 Å². The lowest BCUT2D eigenvalue weighted by atomic mass is 10.2. The summed E-state index contributed by atoms with van der Waals surface area (Å²) in [5.74, 6) is -1.64. The third-order valence-corrected chi connectivity index (χ3v) is 6.29. The lowest BCUT2D eigenvalue weighted by Gasteiger charge is -2.10. The van der Waals surface area contributed by atoms with Gasteiger partial charge in [-0.25, -0.2) is 0 Å². The van der Waals surface area contributed by atoms with E-state index in [-0.39, 0.29) is 26.8 Å². The van der Waals surface area contributed by atoms with Crippen molar-refractivity contribution in [1.29, 1.82) is 0 Å². The molecule has 1 fully saturated rings. The Morgan fingerprint density at radius 3 is 2.44 bits per heavy atom. The number of esters is 1. The minimum Gasteiger partial charge on any atom is -0.468 e. The second kappa shape index (κ2) is 9.20. The normalized spacial score (nSPS) is 15.2. The number of para-hydroxylation sites is 1. The third kappa shape index (κ3) is 4.95. The number of nitro groups is 1. The molecule has 166 valence electrons. The molecule has 2 aromatic rings. The summed E-state index contributed by atoms with van der Waals surface area (Å²) < 4.78 is 34.8. The van der Waals surface area contributed by atoms with E-state index in [1.165, 1.54) is 24.3 Å². The minimum absolute atomic E-state index is 0.0392. The van der Waals surface area contributed by atoms with Crippen LogP contribution in [0.25, 0.3) is 6.08 Å². The van der Waals surface area contributed by atoms with E-state index in [1.54, 1.807) is 6.07 Å². The van der Waals surface area contributed by atoms with Crippen LogP contribution < -0.4 is 4.18 Å². The van der Waals surface area contributed by atoms with Gasteiger partial charge >= 0.3 is 16.1 Å². The Morgan fingerprint density at radius 1 is 1.16 bits per heavy atom. The number of rotatable bonds is 7. The number of hydrogen-bond acceptors (Lipinski definition) is 10. The van der Waals surface area contributed by atoms with Gasteiger partial charge in [-0.1, -0.05) is 18.2 Å². The molecule has 2 amide bonds. The molecule has 1 aliphatic heterocycles. The number of amides is 2. The number of nitro benzene ring substituents is 1. The summed E-state index contributed by atoms with van der Waals surface area (Å²) >= 11 is 0.578. The molecule has 2 aromatic carbocycles. The Bertz CT molecular complexity index is 1240. The van der Waals surface area contributed by atoms with Gasteiger partial charge in [0.1, 0.15) is 17.2 Å². The van der Waals surface area contributed by atoms with Gasteiger partial charge in [-0.3, -0.25) is 29.4 Å². The van der Waals surface area contributed by atoms with Crippen LogP contribution in [0.5, 0.6) is 5.75 Å². The van der Waals surface area contributed by atoms with E-state index in [4.69, 9.17) is 4.18 Å². The molecule has 3 rings (SSSR count). The summed E-state index contributed by atoms with van der Waals surface area (Å²) in [4.78, 5) is 46.4. The van der Waals surface area contributed by atoms with E-state index < -0.39 is 38.7 Å². The van der Waals surface area contributed by atoms with E-state index in [2.05, 4.69) is 4.74 Å². The van der Waals surface area contributed by atoms with Crippen molar-refractivity contribution >= 4 is 50.8 Å². The lowest BCUT2D eigenvalue weighted by molar-refractivity contribution is -0.384. The fourth-order valence-corrected chi connectivity index (χ4v) is 4.33. The molecule has 32 heavy (non-hydrogen) atoms. The highest BCUT2D eigenvalue weighted by molar-refractivity contribution is 8.18. The van der Waals surface area contributed by atoms with Crippen LogP contribution in [0.3, 0.4) is 0 Å². The maximum Gasteiger partial charge on any atom is 0.339 e. The average molecular weight is 478 g/mol. The predicted molar refractivity (Wildman–Crippen MR) is 112 cm³/mol. The molecule has 0 bridgehead atoms. The number of carbonyl (C=O) groups excluding carboxylic acids is 3. The summed E-state index contributed by atoms with van der Waals surface area (Å²) in [5.41, 5.74) is -0.103. The molecule has 0 aromatic heterocycles. The maximum absolute atomic E-state index is 12.6. The molecule has 0 aliphatic carbocycles. The molecule has 0 unspecified atom stereocenters. The van der Waals surface area contributed by atoms with E-state index in [0.29, 0.717) is 16.7 Å². The monoisotopic (exact) mass is 478 g/mol. The highest BCUT2D eigenvalue weighted by Gasteiger charge is 2.36. The summed E-state index contributed by atoms with van der Waals surface area (Å²) in [6, 6.07) is 10.0. The first-order valence-corrected chi connectivity index (χ1v) is 10.9. The van der Waals surface area contributed by atoms with Gasteiger partial charge in [-0.05, 0) is 36.0 Å². The fourth-order valence-electron chi connectivity index (χ4n) is 2.55. The van der Waals surface area contributed by atoms with Gasteiger partial charge in [-0.15, -0.1) is 0 Å². The molecule has 13 heteroatoms. The van der Waals surface area contributed by atoms with Gasteiger partial charge in [0.2, 0.25) is 0 Å². The lowest BCUT2D eigenvalue weighted by Crippen LogP contribution is -2.34. The first-order chi connectivity index (χ1) is 15.1. The topological polar surface area (TPSA) is 150 Å². The number of ether oxygens (including phenoxy) is 1. The van der Waals surface area contributed by atoms with Crippen LogP contribution in [0.2, 0.25) is 0 Å². The van der Waals surface area contributed by atoms with Crippen LogP contribution in [0.4, 0.5) is 10.5 Å². The van der Waals surface area contributed by atoms with Crippen LogP contribution in [-0.4, -0.2) is 49.0 Å². The zero-order chi connectivity index (χ0) is 23.5. The molecule has 0 spiro atoms. The summed E-state index contributed by atoms with van der Waals surface area (Å²) in [7, 11) is -3.23. The number of hydrogen-bond donors (Lipinski definition) is 0. The smallest absolute Gasteiger partial charge is 0.339 e. The van der Waals surface area contributed by atoms with Crippen molar-refractivity contribution in [2.75, 3.05) is 13.7 Å². The minimum atomic E-state index is -4.35. The standard InChI is InChI=1S/C19H14N2O9S2/c1-29-17(22)11-20-18(23)16(31-19(20)24)10-12-4-2-3-5-15(12)30-32(27,28)14-8-6-13(7-9-14)21(25)26/h2-10H,11H2,1H3/b16-10-. The van der Waals surface area contributed by atoms with Gasteiger partial charge in [-0.2, -0.15) is 8.42 Å². The van der Waals surface area contributed by atoms with E-state index >= 15 is 0 Å². The third-order valence-electron chi connectivity index (χ3n) is 4.13. The van der Waals surface area contributed by atoms with Crippen molar-refractivity contribution in [3.63, 3.8) is 0 Å². The van der Waals surface area contributed by atoms with Crippen LogP contribution in [0, 0.1) is 10.1 Å². The number of nitrogens with zero attached hydrogens (tertiary/aromatic N) is 2. The molecule has 1 aliphatic rings. The summed E-state index contributed by atoms with van der Waals surface area (Å²) in [6.07, 6.45) is 1.27. The SMILES string of the molecule is COC(=O)CN1C(=O)S/C(=C\c2ccccc2OS(=O)(=O)c2ccc([N+](=O)[O-])cc2)C1=O. The van der Waals surface area contributed by atoms with Gasteiger partial charge in [0.25, 0.3) is 16.8 Å². The van der Waals surface area contributed by atoms with Crippen LogP contribution >= 0.6 is 11.8 Å². The highest BCUT2D eigenvalue weighted by atomic mass is 32.2. The molecule has 0 N–H and O–H groups in total. The number of methoxy groups -OCH3 is 1. The van der Waals surface area contributed by atoms with Crippen LogP contribution in [0.15, 0.2) is 58.3 Å². The number of non-ortho nitro benzene ring substituents is 1. The Hall–Kier alpha value is -3.71. The van der Waals surface area contributed by atoms with E-state index in [9.17, 15) is 32.9 Å². The summed E-state index contributed by atoms with van der Waals surface area (Å²) in [6.45, 7) is -0.550. The molecule has 1 heterocycles. The molecule has 0 radical (unpaired) electrons. The quantitative estimate of drug-likeness (QED) is 0.191. The van der Waals surface area contributed by atoms with Crippen molar-refractivity contribution in [3.05, 3.63) is 69.1 Å². The van der Waals surface area contributed by atoms with Crippen LogP contribution in [-0.2, 0) is 24.4 Å². The Morgan fingerprint density at radius 2 is 1.81 bits per heavy atom. The van der Waals surface area contributed by atoms with Gasteiger partial charge in [0.05, 0.1) is 16.9 Å². The van der Waals surface area contributed by atoms with Crippen molar-refractivity contribution in [2.45, 2.75) is 4.90 Å². The zero-order valence-corrected chi connectivity index (χ0v) is 17.9. The largest absolute Gasteiger partial charge is 0.468 e. The first kappa shape index (κ1) is 23.0. The van der Waals surface area contributed by atoms with Crippen LogP contribution in [0.1, 0.15) is 5.56 Å². The molecule has 11 nitrogen and oxygen atoms in total. The highest BCUT2D eigenvalue weighted by Crippen LogP contribution is 2.34. The van der Waals surface area contributed by atoms with Crippen molar-refractivity contribution in [2.24, 2.45) is 0 Å². The molecular formula is C19H14N2O9S2. The van der Waals surface area contributed by atoms with Crippen molar-refractivity contribution < 1.29 is 36.6 Å². The number of carbonyl (C=O) groups is 3. The molecule has 0 saturated carbocycles. The predicted octanol–water partition coefficient (Wildman–Crippen LogP) is 2.57. The van der Waals surface area contributed by atoms with Crippen molar-refractivity contribution in [3.8, 4) is 5.75 Å². The second-order valence-corrected chi connectivity index (χ2v) is 8.71. The van der Waals surface area contributed by atoms with E-state index in [1.807, 2.05) is 0 Å². The van der Waals surface area contributed by atoms with Crippen molar-refractivity contribution in [1.82, 2.24) is 4.90 Å².